The van der Waals surface area contributed by atoms with Crippen LogP contribution in [0, 0.1) is 25.8 Å². The van der Waals surface area contributed by atoms with E-state index in [2.05, 4.69) is 176 Å². The standard InChI is InChI=1S/C45H35N2O.C16H19N2.Ir/c1-27(2)36-24-32(29-13-6-5-7-14-29)25-37(28(3)4)43(36)47-41-20-11-10-19-40(41)46-45(47)35-18-12-17-34-39-23-31-22-21-30-15-8-9-16-33(30)38(31)26-42(39)48-44(34)35;1-11-6-8-13(9-7-11)15-17-10-12(2)14(18-15)16(3,4)5;/h5-17,19-28H,1-4H3;6-8,10H,1-5H3;/q2*-1;/i;1D3,2D3;. The molecule has 0 saturated heterocycles. The minimum atomic E-state index is -2.30. The molecule has 3 heterocycles. The Hall–Kier alpha value is -6.72. The number of fused-ring (bicyclic) bond motifs is 7. The van der Waals surface area contributed by atoms with Gasteiger partial charge in [-0.2, -0.15) is 0 Å². The minimum Gasteiger partial charge on any atom is -0.501 e. The molecule has 0 unspecified atom stereocenters. The first-order valence-corrected chi connectivity index (χ1v) is 22.6. The first-order valence-electron chi connectivity index (χ1n) is 25.6. The Labute approximate surface area is 415 Å². The molecule has 0 atom stereocenters. The molecule has 67 heavy (non-hydrogen) atoms. The van der Waals surface area contributed by atoms with Crippen molar-refractivity contribution in [1.29, 1.82) is 0 Å². The van der Waals surface area contributed by atoms with E-state index >= 15 is 0 Å². The number of aromatic nitrogens is 4. The van der Waals surface area contributed by atoms with Crippen LogP contribution in [0.25, 0.3) is 94.1 Å². The van der Waals surface area contributed by atoms with E-state index in [1.165, 1.54) is 67.8 Å². The van der Waals surface area contributed by atoms with Gasteiger partial charge in [-0.3, -0.25) is 15.0 Å². The molecule has 0 N–H and O–H groups in total. The van der Waals surface area contributed by atoms with E-state index in [9.17, 15) is 0 Å². The molecule has 0 aliphatic carbocycles. The summed E-state index contributed by atoms with van der Waals surface area (Å²) < 4.78 is 54.3. The normalized spacial score (nSPS) is 13.5. The molecule has 0 bridgehead atoms. The third-order valence-corrected chi connectivity index (χ3v) is 12.4. The van der Waals surface area contributed by atoms with E-state index in [0.717, 1.165) is 44.4 Å². The maximum absolute atomic E-state index is 7.65. The topological polar surface area (TPSA) is 56.7 Å². The molecule has 3 aromatic heterocycles. The van der Waals surface area contributed by atoms with Gasteiger partial charge in [-0.25, -0.2) is 0 Å². The van der Waals surface area contributed by atoms with Crippen LogP contribution in [0.2, 0.25) is 0 Å². The summed E-state index contributed by atoms with van der Waals surface area (Å²) in [6.07, 6.45) is 1.32. The molecular weight excluding hydrogens is 997 g/mol. The zero-order chi connectivity index (χ0) is 50.9. The van der Waals surface area contributed by atoms with Crippen molar-refractivity contribution in [3.8, 4) is 39.6 Å². The largest absolute Gasteiger partial charge is 0.501 e. The predicted octanol–water partition coefficient (Wildman–Crippen LogP) is 16.5. The van der Waals surface area contributed by atoms with E-state index < -0.39 is 19.1 Å². The third kappa shape index (κ3) is 8.50. The van der Waals surface area contributed by atoms with Crippen molar-refractivity contribution in [2.45, 2.75) is 79.4 Å². The van der Waals surface area contributed by atoms with Gasteiger partial charge in [-0.05, 0) is 104 Å². The van der Waals surface area contributed by atoms with E-state index in [1.807, 2.05) is 26.8 Å². The van der Waals surface area contributed by atoms with Crippen molar-refractivity contribution in [1.82, 2.24) is 19.5 Å². The Bertz CT molecular complexity index is 3800. The molecule has 0 amide bonds. The van der Waals surface area contributed by atoms with E-state index in [0.29, 0.717) is 17.1 Å². The summed E-state index contributed by atoms with van der Waals surface area (Å²) in [6.45, 7) is 10.3. The Morgan fingerprint density at radius 3 is 2.10 bits per heavy atom. The number of aryl methyl sites for hydroxylation is 2. The number of hydrogen-bond donors (Lipinski definition) is 0. The second kappa shape index (κ2) is 18.2. The number of rotatable bonds is 6. The molecule has 0 fully saturated rings. The first kappa shape index (κ1) is 38.4. The molecule has 0 saturated carbocycles. The maximum atomic E-state index is 7.65. The van der Waals surface area contributed by atoms with Gasteiger partial charge in [0.15, 0.2) is 0 Å². The Morgan fingerprint density at radius 2 is 1.39 bits per heavy atom. The fraction of sp³-hybridized carbons (Fsp3) is 0.197. The monoisotopic (exact) mass is 1060 g/mol. The van der Waals surface area contributed by atoms with Crippen LogP contribution in [0.1, 0.15) is 96.5 Å². The SMILES string of the molecule is CC(C)c1cc(-c2ccccc2)cc(C(C)C)c1-n1c(-c2[c-]ccc3c2oc2cc4c(ccc5ccccc54)cc23)nc2ccccc21.[2H]C([2H])([2H])c1c[c-]c(-c2ncc(C([2H])([2H])[2H])c(C(C)(C)C)n2)cc1.[Ir]. The number of imidazole rings is 1. The molecule has 0 aliphatic heterocycles. The van der Waals surface area contributed by atoms with Gasteiger partial charge in [0.2, 0.25) is 0 Å². The van der Waals surface area contributed by atoms with Gasteiger partial charge in [0.1, 0.15) is 5.58 Å². The summed E-state index contributed by atoms with van der Waals surface area (Å²) in [7, 11) is 0. The molecule has 1 radical (unpaired) electrons. The van der Waals surface area contributed by atoms with E-state index in [1.54, 1.807) is 6.07 Å². The summed E-state index contributed by atoms with van der Waals surface area (Å²) >= 11 is 0. The molecule has 0 aliphatic rings. The van der Waals surface area contributed by atoms with Crippen LogP contribution in [-0.4, -0.2) is 19.5 Å². The summed E-state index contributed by atoms with van der Waals surface area (Å²) in [5, 5.41) is 7.02. The Kier molecular flexibility index (Phi) is 10.4. The quantitative estimate of drug-likeness (QED) is 0.123. The van der Waals surface area contributed by atoms with Gasteiger partial charge in [0.05, 0.1) is 28.3 Å². The molecule has 8 aromatic carbocycles. The zero-order valence-corrected chi connectivity index (χ0v) is 41.0. The smallest absolute Gasteiger partial charge is 0.121 e. The second-order valence-electron chi connectivity index (χ2n) is 18.7. The van der Waals surface area contributed by atoms with Crippen LogP contribution in [-0.2, 0) is 25.5 Å². The van der Waals surface area contributed by atoms with E-state index in [4.69, 9.17) is 17.6 Å². The molecule has 0 spiro atoms. The van der Waals surface area contributed by atoms with Crippen LogP contribution in [0.4, 0.5) is 0 Å². The van der Waals surface area contributed by atoms with Crippen LogP contribution < -0.4 is 0 Å². The Balaban J connectivity index is 0.000000223. The number of furan rings is 1. The summed E-state index contributed by atoms with van der Waals surface area (Å²) in [5.74, 6) is 1.73. The van der Waals surface area contributed by atoms with Gasteiger partial charge in [0.25, 0.3) is 0 Å². The van der Waals surface area contributed by atoms with Crippen molar-refractivity contribution in [3.63, 3.8) is 0 Å². The fourth-order valence-corrected chi connectivity index (χ4v) is 9.09. The number of nitrogens with zero attached hydrogens (tertiary/aromatic N) is 4. The molecule has 335 valence electrons. The Morgan fingerprint density at radius 1 is 0.657 bits per heavy atom. The predicted molar refractivity (Wildman–Crippen MR) is 276 cm³/mol. The second-order valence-corrected chi connectivity index (χ2v) is 18.7. The average molecular weight is 1060 g/mol. The van der Waals surface area contributed by atoms with Crippen LogP contribution in [0.5, 0.6) is 0 Å². The maximum Gasteiger partial charge on any atom is 0.121 e. The molecule has 11 aromatic rings. The zero-order valence-electron chi connectivity index (χ0n) is 44.6. The van der Waals surface area contributed by atoms with Crippen LogP contribution in [0.3, 0.4) is 0 Å². The molecule has 5 nitrogen and oxygen atoms in total. The van der Waals surface area contributed by atoms with Crippen LogP contribution >= 0.6 is 0 Å². The van der Waals surface area contributed by atoms with Crippen LogP contribution in [0.15, 0.2) is 156 Å². The molecule has 11 rings (SSSR count). The van der Waals surface area contributed by atoms with Crippen molar-refractivity contribution in [2.75, 3.05) is 0 Å². The molecule has 6 heteroatoms. The van der Waals surface area contributed by atoms with Crippen molar-refractivity contribution >= 4 is 54.5 Å². The first-order chi connectivity index (χ1) is 34.3. The van der Waals surface area contributed by atoms with Gasteiger partial charge in [0, 0.05) is 56.7 Å². The summed E-state index contributed by atoms with van der Waals surface area (Å²) in [4.78, 5) is 13.9. The van der Waals surface area contributed by atoms with Crippen molar-refractivity contribution < 1.29 is 32.7 Å². The van der Waals surface area contributed by atoms with Gasteiger partial charge < -0.3 is 8.98 Å². The van der Waals surface area contributed by atoms with Gasteiger partial charge in [-0.1, -0.05) is 145 Å². The summed E-state index contributed by atoms with van der Waals surface area (Å²) in [5.41, 5.74) is 11.6. The van der Waals surface area contributed by atoms with Crippen molar-refractivity contribution in [3.05, 3.63) is 192 Å². The number of hydrogen-bond acceptors (Lipinski definition) is 4. The van der Waals surface area contributed by atoms with Gasteiger partial charge >= 0.3 is 0 Å². The molecular formula is C61H54IrN4O-2. The fourth-order valence-electron chi connectivity index (χ4n) is 9.09. The van der Waals surface area contributed by atoms with E-state index in [-0.39, 0.29) is 43.1 Å². The number of para-hydroxylation sites is 2. The van der Waals surface area contributed by atoms with Crippen molar-refractivity contribution in [2.24, 2.45) is 0 Å². The van der Waals surface area contributed by atoms with Gasteiger partial charge in [-0.15, -0.1) is 53.6 Å². The number of benzene rings is 8. The minimum absolute atomic E-state index is 0. The average Bonchev–Trinajstić information content (AvgIpc) is 3.93. The third-order valence-electron chi connectivity index (χ3n) is 12.4. The summed E-state index contributed by atoms with van der Waals surface area (Å²) in [6, 6.07) is 56.4.